The molecule has 0 aliphatic carbocycles. The molecule has 0 heterocycles. The van der Waals surface area contributed by atoms with Gasteiger partial charge in [0.1, 0.15) is 12.6 Å². The van der Waals surface area contributed by atoms with E-state index in [9.17, 15) is 18.0 Å². The number of amides is 2. The van der Waals surface area contributed by atoms with Crippen molar-refractivity contribution in [2.24, 2.45) is 0 Å². The number of nitrogens with zero attached hydrogens (tertiary/aromatic N) is 2. The van der Waals surface area contributed by atoms with Crippen LogP contribution in [0.5, 0.6) is 0 Å². The fourth-order valence-corrected chi connectivity index (χ4v) is 5.87. The molecule has 0 aliphatic rings. The van der Waals surface area contributed by atoms with E-state index in [1.165, 1.54) is 17.0 Å². The SMILES string of the molecule is CCCNC(=O)[C@H](CC)N(Cc1ccc(Cl)cc1Cl)C(=O)CN(c1ccccc1)S(=O)(=O)c1ccccc1. The van der Waals surface area contributed by atoms with Gasteiger partial charge in [0.15, 0.2) is 0 Å². The van der Waals surface area contributed by atoms with E-state index in [-0.39, 0.29) is 17.3 Å². The molecule has 7 nitrogen and oxygen atoms in total. The topological polar surface area (TPSA) is 86.8 Å². The van der Waals surface area contributed by atoms with E-state index in [1.54, 1.807) is 73.7 Å². The zero-order valence-electron chi connectivity index (χ0n) is 21.3. The maximum Gasteiger partial charge on any atom is 0.264 e. The van der Waals surface area contributed by atoms with Crippen LogP contribution < -0.4 is 9.62 Å². The molecule has 0 radical (unpaired) electrons. The molecule has 1 atom stereocenters. The number of anilines is 1. The normalized spacial score (nSPS) is 12.0. The number of hydrogen-bond acceptors (Lipinski definition) is 4. The summed E-state index contributed by atoms with van der Waals surface area (Å²) in [6.45, 7) is 3.68. The second kappa shape index (κ2) is 13.6. The van der Waals surface area contributed by atoms with E-state index in [0.29, 0.717) is 34.3 Å². The van der Waals surface area contributed by atoms with Gasteiger partial charge in [-0.3, -0.25) is 13.9 Å². The highest BCUT2D eigenvalue weighted by Gasteiger charge is 2.33. The molecular weight excluding hydrogens is 545 g/mol. The largest absolute Gasteiger partial charge is 0.354 e. The highest BCUT2D eigenvalue weighted by Crippen LogP contribution is 2.26. The predicted molar refractivity (Wildman–Crippen MR) is 152 cm³/mol. The highest BCUT2D eigenvalue weighted by molar-refractivity contribution is 7.92. The number of benzene rings is 3. The number of rotatable bonds is 12. The molecule has 10 heteroatoms. The maximum atomic E-state index is 13.9. The van der Waals surface area contributed by atoms with Crippen molar-refractivity contribution in [3.8, 4) is 0 Å². The molecule has 0 saturated carbocycles. The Morgan fingerprint density at radius 3 is 2.13 bits per heavy atom. The number of para-hydroxylation sites is 1. The lowest BCUT2D eigenvalue weighted by molar-refractivity contribution is -0.140. The fourth-order valence-electron chi connectivity index (χ4n) is 3.96. The average molecular weight is 577 g/mol. The predicted octanol–water partition coefficient (Wildman–Crippen LogP) is 5.52. The van der Waals surface area contributed by atoms with Crippen molar-refractivity contribution in [1.82, 2.24) is 10.2 Å². The molecule has 0 spiro atoms. The van der Waals surface area contributed by atoms with Crippen LogP contribution in [0.4, 0.5) is 5.69 Å². The molecule has 3 rings (SSSR count). The van der Waals surface area contributed by atoms with Gasteiger partial charge >= 0.3 is 0 Å². The Bertz CT molecular complexity index is 1340. The number of hydrogen-bond donors (Lipinski definition) is 1. The highest BCUT2D eigenvalue weighted by atomic mass is 35.5. The number of nitrogens with one attached hydrogen (secondary N) is 1. The van der Waals surface area contributed by atoms with Crippen molar-refractivity contribution in [1.29, 1.82) is 0 Å². The Labute approximate surface area is 234 Å². The third-order valence-electron chi connectivity index (χ3n) is 5.95. The number of carbonyl (C=O) groups excluding carboxylic acids is 2. The van der Waals surface area contributed by atoms with Crippen LogP contribution in [-0.2, 0) is 26.2 Å². The van der Waals surface area contributed by atoms with Crippen molar-refractivity contribution in [2.45, 2.75) is 44.2 Å². The molecule has 0 fully saturated rings. The molecule has 3 aromatic rings. The van der Waals surface area contributed by atoms with Crippen LogP contribution in [0.1, 0.15) is 32.3 Å². The van der Waals surface area contributed by atoms with Crippen LogP contribution in [0.2, 0.25) is 10.0 Å². The number of halogens is 2. The van der Waals surface area contributed by atoms with Crippen LogP contribution in [0, 0.1) is 0 Å². The first kappa shape index (κ1) is 29.5. The van der Waals surface area contributed by atoms with E-state index in [2.05, 4.69) is 5.32 Å². The minimum atomic E-state index is -4.09. The Morgan fingerprint density at radius 1 is 0.921 bits per heavy atom. The Morgan fingerprint density at radius 2 is 1.55 bits per heavy atom. The Kier molecular flexibility index (Phi) is 10.6. The first-order valence-electron chi connectivity index (χ1n) is 12.3. The van der Waals surface area contributed by atoms with Gasteiger partial charge in [0.25, 0.3) is 10.0 Å². The standard InChI is InChI=1S/C28H31Cl2N3O4S/c1-3-17-31-28(35)26(4-2)32(19-21-15-16-22(29)18-25(21)30)27(34)20-33(23-11-7-5-8-12-23)38(36,37)24-13-9-6-10-14-24/h5-16,18,26H,3-4,17,19-20H2,1-2H3,(H,31,35)/t26-/m0/s1. The van der Waals surface area contributed by atoms with Gasteiger partial charge in [0, 0.05) is 23.1 Å². The summed E-state index contributed by atoms with van der Waals surface area (Å²) in [7, 11) is -4.09. The van der Waals surface area contributed by atoms with Crippen LogP contribution in [0.25, 0.3) is 0 Å². The summed E-state index contributed by atoms with van der Waals surface area (Å²) in [6.07, 6.45) is 1.06. The lowest BCUT2D eigenvalue weighted by atomic mass is 10.1. The van der Waals surface area contributed by atoms with E-state index in [0.717, 1.165) is 10.7 Å². The van der Waals surface area contributed by atoms with Crippen molar-refractivity contribution in [3.63, 3.8) is 0 Å². The van der Waals surface area contributed by atoms with E-state index in [4.69, 9.17) is 23.2 Å². The second-order valence-electron chi connectivity index (χ2n) is 8.63. The molecule has 1 N–H and O–H groups in total. The van der Waals surface area contributed by atoms with Gasteiger partial charge in [-0.2, -0.15) is 0 Å². The van der Waals surface area contributed by atoms with Crippen LogP contribution in [0.3, 0.4) is 0 Å². The lowest BCUT2D eigenvalue weighted by Crippen LogP contribution is -2.52. The summed E-state index contributed by atoms with van der Waals surface area (Å²) in [6, 6.07) is 20.4. The van der Waals surface area contributed by atoms with Crippen molar-refractivity contribution in [2.75, 3.05) is 17.4 Å². The maximum absolute atomic E-state index is 13.9. The van der Waals surface area contributed by atoms with Gasteiger partial charge in [0.2, 0.25) is 11.8 Å². The molecule has 2 amide bonds. The quantitative estimate of drug-likeness (QED) is 0.308. The van der Waals surface area contributed by atoms with Crippen LogP contribution in [0.15, 0.2) is 83.8 Å². The molecule has 0 saturated heterocycles. The van der Waals surface area contributed by atoms with Crippen molar-refractivity contribution < 1.29 is 18.0 Å². The van der Waals surface area contributed by atoms with Gasteiger partial charge in [-0.15, -0.1) is 0 Å². The van der Waals surface area contributed by atoms with E-state index in [1.807, 2.05) is 6.92 Å². The minimum Gasteiger partial charge on any atom is -0.354 e. The molecule has 38 heavy (non-hydrogen) atoms. The zero-order chi connectivity index (χ0) is 27.7. The van der Waals surface area contributed by atoms with Gasteiger partial charge in [-0.1, -0.05) is 79.5 Å². The zero-order valence-corrected chi connectivity index (χ0v) is 23.6. The van der Waals surface area contributed by atoms with E-state index < -0.39 is 28.5 Å². The second-order valence-corrected chi connectivity index (χ2v) is 11.3. The van der Waals surface area contributed by atoms with Crippen molar-refractivity contribution in [3.05, 3.63) is 94.5 Å². The molecular formula is C28H31Cl2N3O4S. The fraction of sp³-hybridized carbons (Fsp3) is 0.286. The summed E-state index contributed by atoms with van der Waals surface area (Å²) in [5.41, 5.74) is 0.918. The monoisotopic (exact) mass is 575 g/mol. The molecule has 0 aliphatic heterocycles. The first-order chi connectivity index (χ1) is 18.2. The molecule has 3 aromatic carbocycles. The summed E-state index contributed by atoms with van der Waals surface area (Å²) < 4.78 is 28.5. The summed E-state index contributed by atoms with van der Waals surface area (Å²) in [5, 5.41) is 3.63. The van der Waals surface area contributed by atoms with E-state index >= 15 is 0 Å². The van der Waals surface area contributed by atoms with Gasteiger partial charge in [-0.25, -0.2) is 8.42 Å². The Hall–Kier alpha value is -3.07. The smallest absolute Gasteiger partial charge is 0.264 e. The molecule has 0 bridgehead atoms. The van der Waals surface area contributed by atoms with Gasteiger partial charge < -0.3 is 10.2 Å². The first-order valence-corrected chi connectivity index (χ1v) is 14.5. The van der Waals surface area contributed by atoms with Crippen LogP contribution in [-0.4, -0.2) is 44.3 Å². The Balaban J connectivity index is 2.04. The number of carbonyl (C=O) groups is 2. The van der Waals surface area contributed by atoms with Crippen molar-refractivity contribution >= 4 is 50.7 Å². The summed E-state index contributed by atoms with van der Waals surface area (Å²) >= 11 is 12.5. The van der Waals surface area contributed by atoms with Gasteiger partial charge in [-0.05, 0) is 54.8 Å². The summed E-state index contributed by atoms with van der Waals surface area (Å²) in [5.74, 6) is -0.858. The van der Waals surface area contributed by atoms with Gasteiger partial charge in [0.05, 0.1) is 10.6 Å². The lowest BCUT2D eigenvalue weighted by Gasteiger charge is -2.33. The number of sulfonamides is 1. The molecule has 0 aromatic heterocycles. The minimum absolute atomic E-state index is 0.000894. The third-order valence-corrected chi connectivity index (χ3v) is 8.32. The molecule has 202 valence electrons. The van der Waals surface area contributed by atoms with Crippen LogP contribution >= 0.6 is 23.2 Å². The molecule has 0 unspecified atom stereocenters. The average Bonchev–Trinajstić information content (AvgIpc) is 2.92. The summed E-state index contributed by atoms with van der Waals surface area (Å²) in [4.78, 5) is 28.5. The third kappa shape index (κ3) is 7.28.